The highest BCUT2D eigenvalue weighted by Gasteiger charge is 2.30. The molecule has 0 radical (unpaired) electrons. The van der Waals surface area contributed by atoms with Gasteiger partial charge >= 0.3 is 0 Å². The molecule has 0 aliphatic carbocycles. The number of aryl methyl sites for hydroxylation is 1. The van der Waals surface area contributed by atoms with Gasteiger partial charge in [-0.3, -0.25) is 14.3 Å². The maximum Gasteiger partial charge on any atom is 0.274 e. The van der Waals surface area contributed by atoms with E-state index in [1.807, 2.05) is 73.8 Å². The van der Waals surface area contributed by atoms with Crippen molar-refractivity contribution in [3.05, 3.63) is 78.0 Å². The van der Waals surface area contributed by atoms with E-state index < -0.39 is 0 Å². The minimum Gasteiger partial charge on any atom is -0.337 e. The van der Waals surface area contributed by atoms with Crippen LogP contribution in [-0.2, 0) is 7.05 Å². The maximum absolute atomic E-state index is 13.0. The number of ketones is 1. The van der Waals surface area contributed by atoms with E-state index in [4.69, 9.17) is 0 Å². The van der Waals surface area contributed by atoms with Crippen LogP contribution in [0.5, 0.6) is 0 Å². The average molecular weight is 373 g/mol. The number of likely N-dealkylation sites (tertiary alicyclic amines) is 1. The summed E-state index contributed by atoms with van der Waals surface area (Å²) in [5.41, 5.74) is 3.06. The zero-order valence-electron chi connectivity index (χ0n) is 15.9. The number of piperidine rings is 1. The van der Waals surface area contributed by atoms with Crippen molar-refractivity contribution in [1.82, 2.24) is 14.7 Å². The fourth-order valence-electron chi connectivity index (χ4n) is 3.83. The Balaban J connectivity index is 1.51. The van der Waals surface area contributed by atoms with Crippen molar-refractivity contribution < 1.29 is 9.59 Å². The van der Waals surface area contributed by atoms with Gasteiger partial charge in [0.05, 0.1) is 5.69 Å². The number of carbonyl (C=O) groups excluding carboxylic acids is 2. The number of hydrogen-bond donors (Lipinski definition) is 0. The molecule has 5 nitrogen and oxygen atoms in total. The van der Waals surface area contributed by atoms with Crippen LogP contribution in [0.3, 0.4) is 0 Å². The van der Waals surface area contributed by atoms with Gasteiger partial charge in [0.1, 0.15) is 0 Å². The third-order valence-electron chi connectivity index (χ3n) is 5.31. The van der Waals surface area contributed by atoms with Crippen LogP contribution in [0, 0.1) is 5.92 Å². The molecule has 2 aromatic carbocycles. The van der Waals surface area contributed by atoms with Crippen LogP contribution in [0.15, 0.2) is 66.7 Å². The normalized spacial score (nSPS) is 16.8. The fraction of sp³-hybridized carbons (Fsp3) is 0.261. The number of nitrogens with zero attached hydrogens (tertiary/aromatic N) is 3. The first-order valence-corrected chi connectivity index (χ1v) is 9.61. The third kappa shape index (κ3) is 3.60. The Kier molecular flexibility index (Phi) is 5.06. The van der Waals surface area contributed by atoms with Gasteiger partial charge in [-0.15, -0.1) is 0 Å². The largest absolute Gasteiger partial charge is 0.337 e. The number of carbonyl (C=O) groups is 2. The third-order valence-corrected chi connectivity index (χ3v) is 5.31. The van der Waals surface area contributed by atoms with Crippen molar-refractivity contribution in [2.24, 2.45) is 13.0 Å². The summed E-state index contributed by atoms with van der Waals surface area (Å²) in [6.07, 6.45) is 1.64. The van der Waals surface area contributed by atoms with Crippen molar-refractivity contribution in [3.63, 3.8) is 0 Å². The molecule has 3 aromatic rings. The first kappa shape index (κ1) is 18.2. The summed E-state index contributed by atoms with van der Waals surface area (Å²) in [4.78, 5) is 27.6. The highest BCUT2D eigenvalue weighted by atomic mass is 16.2. The standard InChI is InChI=1S/C23H23N3O2/c1-25-21(17-9-4-2-5-10-17)15-20(24-25)23(28)26-14-8-13-19(16-26)22(27)18-11-6-3-7-12-18/h2-7,9-12,15,19H,8,13-14,16H2,1H3/t19-/m0/s1. The lowest BCUT2D eigenvalue weighted by Crippen LogP contribution is -2.42. The predicted octanol–water partition coefficient (Wildman–Crippen LogP) is 3.82. The molecule has 0 bridgehead atoms. The van der Waals surface area contributed by atoms with Gasteiger partial charge in [-0.1, -0.05) is 60.7 Å². The molecule has 2 heterocycles. The van der Waals surface area contributed by atoms with E-state index in [0.29, 0.717) is 24.3 Å². The summed E-state index contributed by atoms with van der Waals surface area (Å²) in [5.74, 6) is -0.148. The molecule has 1 aliphatic heterocycles. The molecule has 0 unspecified atom stereocenters. The van der Waals surface area contributed by atoms with Crippen molar-refractivity contribution in [2.45, 2.75) is 12.8 Å². The van der Waals surface area contributed by atoms with E-state index in [2.05, 4.69) is 5.10 Å². The zero-order chi connectivity index (χ0) is 19.5. The highest BCUT2D eigenvalue weighted by Crippen LogP contribution is 2.24. The summed E-state index contributed by atoms with van der Waals surface area (Å²) in [6.45, 7) is 1.11. The van der Waals surface area contributed by atoms with Crippen LogP contribution < -0.4 is 0 Å². The lowest BCUT2D eigenvalue weighted by atomic mass is 9.90. The number of aromatic nitrogens is 2. The fourth-order valence-corrected chi connectivity index (χ4v) is 3.83. The summed E-state index contributed by atoms with van der Waals surface area (Å²) in [5, 5.41) is 4.43. The Labute approximate surface area is 164 Å². The van der Waals surface area contributed by atoms with Gasteiger partial charge in [0, 0.05) is 31.6 Å². The van der Waals surface area contributed by atoms with Gasteiger partial charge in [-0.25, -0.2) is 0 Å². The molecule has 4 rings (SSSR count). The molecule has 0 spiro atoms. The van der Waals surface area contributed by atoms with E-state index in [1.165, 1.54) is 0 Å². The van der Waals surface area contributed by atoms with Gasteiger partial charge in [-0.05, 0) is 24.5 Å². The minimum atomic E-state index is -0.155. The van der Waals surface area contributed by atoms with E-state index in [1.54, 1.807) is 9.58 Å². The first-order chi connectivity index (χ1) is 13.6. The smallest absolute Gasteiger partial charge is 0.274 e. The molecule has 28 heavy (non-hydrogen) atoms. The second-order valence-electron chi connectivity index (χ2n) is 7.23. The molecule has 0 saturated carbocycles. The Morgan fingerprint density at radius 1 is 1.00 bits per heavy atom. The SMILES string of the molecule is Cn1nc(C(=O)N2CCC[C@H](C(=O)c3ccccc3)C2)cc1-c1ccccc1. The van der Waals surface area contributed by atoms with Crippen LogP contribution >= 0.6 is 0 Å². The van der Waals surface area contributed by atoms with Crippen LogP contribution in [0.25, 0.3) is 11.3 Å². The molecule has 142 valence electrons. The molecule has 0 N–H and O–H groups in total. The highest BCUT2D eigenvalue weighted by molar-refractivity contribution is 5.99. The molecule has 1 amide bonds. The molecule has 5 heteroatoms. The second kappa shape index (κ2) is 7.80. The number of amides is 1. The second-order valence-corrected chi connectivity index (χ2v) is 7.23. The Morgan fingerprint density at radius 2 is 1.68 bits per heavy atom. The van der Waals surface area contributed by atoms with Crippen molar-refractivity contribution in [3.8, 4) is 11.3 Å². The average Bonchev–Trinajstić information content (AvgIpc) is 3.15. The summed E-state index contributed by atoms with van der Waals surface area (Å²) >= 11 is 0. The number of benzene rings is 2. The van der Waals surface area contributed by atoms with Gasteiger partial charge in [0.15, 0.2) is 11.5 Å². The number of hydrogen-bond acceptors (Lipinski definition) is 3. The maximum atomic E-state index is 13.0. The van der Waals surface area contributed by atoms with E-state index >= 15 is 0 Å². The van der Waals surface area contributed by atoms with Crippen molar-refractivity contribution in [2.75, 3.05) is 13.1 Å². The summed E-state index contributed by atoms with van der Waals surface area (Å²) in [7, 11) is 1.84. The zero-order valence-corrected chi connectivity index (χ0v) is 15.9. The Hall–Kier alpha value is -3.21. The molecule has 1 fully saturated rings. The summed E-state index contributed by atoms with van der Waals surface area (Å²) < 4.78 is 1.74. The molecule has 1 atom stereocenters. The van der Waals surface area contributed by atoms with Crippen LogP contribution in [0.1, 0.15) is 33.7 Å². The predicted molar refractivity (Wildman–Crippen MR) is 108 cm³/mol. The lowest BCUT2D eigenvalue weighted by Gasteiger charge is -2.31. The molecular formula is C23H23N3O2. The van der Waals surface area contributed by atoms with Gasteiger partial charge in [0.25, 0.3) is 5.91 Å². The van der Waals surface area contributed by atoms with Crippen molar-refractivity contribution >= 4 is 11.7 Å². The monoisotopic (exact) mass is 373 g/mol. The Morgan fingerprint density at radius 3 is 2.39 bits per heavy atom. The number of Topliss-reactive ketones (excluding diaryl/α,β-unsaturated/α-hetero) is 1. The molecule has 1 aromatic heterocycles. The summed E-state index contributed by atoms with van der Waals surface area (Å²) in [6, 6.07) is 21.1. The first-order valence-electron chi connectivity index (χ1n) is 9.61. The van der Waals surface area contributed by atoms with E-state index in [0.717, 1.165) is 24.1 Å². The van der Waals surface area contributed by atoms with Crippen molar-refractivity contribution in [1.29, 1.82) is 0 Å². The van der Waals surface area contributed by atoms with Crippen LogP contribution in [-0.4, -0.2) is 39.5 Å². The van der Waals surface area contributed by atoms with Crippen LogP contribution in [0.4, 0.5) is 0 Å². The van der Waals surface area contributed by atoms with Gasteiger partial charge in [0.2, 0.25) is 0 Å². The molecule has 1 saturated heterocycles. The van der Waals surface area contributed by atoms with E-state index in [-0.39, 0.29) is 17.6 Å². The minimum absolute atomic E-state index is 0.108. The molecule has 1 aliphatic rings. The Bertz CT molecular complexity index is 980. The topological polar surface area (TPSA) is 55.2 Å². The van der Waals surface area contributed by atoms with Crippen LogP contribution in [0.2, 0.25) is 0 Å². The number of rotatable bonds is 4. The molecular weight excluding hydrogens is 350 g/mol. The van der Waals surface area contributed by atoms with Gasteiger partial charge < -0.3 is 4.90 Å². The van der Waals surface area contributed by atoms with E-state index in [9.17, 15) is 9.59 Å². The quantitative estimate of drug-likeness (QED) is 0.653. The van der Waals surface area contributed by atoms with Gasteiger partial charge in [-0.2, -0.15) is 5.10 Å². The lowest BCUT2D eigenvalue weighted by molar-refractivity contribution is 0.0631.